The van der Waals surface area contributed by atoms with Crippen molar-refractivity contribution in [3.63, 3.8) is 0 Å². The van der Waals surface area contributed by atoms with E-state index in [4.69, 9.17) is 14.2 Å². The molecule has 7 heteroatoms. The topological polar surface area (TPSA) is 85.3 Å². The Labute approximate surface area is 203 Å². The molecule has 1 amide bonds. The van der Waals surface area contributed by atoms with Gasteiger partial charge in [0, 0.05) is 19.2 Å². The average molecular weight is 472 g/mol. The molecule has 0 spiro atoms. The van der Waals surface area contributed by atoms with Crippen LogP contribution in [-0.2, 0) is 16.2 Å². The van der Waals surface area contributed by atoms with E-state index in [2.05, 4.69) is 12.1 Å². The van der Waals surface area contributed by atoms with Crippen LogP contribution in [0.5, 0.6) is 17.2 Å². The molecule has 0 aliphatic carbocycles. The number of likely N-dealkylation sites (tertiary alicyclic amines) is 1. The second-order valence-corrected chi connectivity index (χ2v) is 8.53. The molecule has 0 bridgehead atoms. The van der Waals surface area contributed by atoms with Crippen molar-refractivity contribution in [2.45, 2.75) is 25.4 Å². The fraction of sp³-hybridized carbons (Fsp3) is 0.214. The summed E-state index contributed by atoms with van der Waals surface area (Å²) in [7, 11) is 0. The summed E-state index contributed by atoms with van der Waals surface area (Å²) in [6, 6.07) is 24.8. The number of benzene rings is 3. The van der Waals surface area contributed by atoms with Crippen LogP contribution < -0.4 is 14.2 Å². The second kappa shape index (κ2) is 9.93. The Balaban J connectivity index is 1.30. The number of carbonyl (C=O) groups excluding carboxylic acids is 1. The normalized spacial score (nSPS) is 15.6. The molecule has 1 saturated heterocycles. The fourth-order valence-electron chi connectivity index (χ4n) is 4.36. The van der Waals surface area contributed by atoms with Crippen LogP contribution in [0.1, 0.15) is 29.9 Å². The van der Waals surface area contributed by atoms with Crippen molar-refractivity contribution in [3.8, 4) is 17.2 Å². The molecule has 1 fully saturated rings. The maximum Gasteiger partial charge on any atom is 0.376 e. The first-order chi connectivity index (χ1) is 17.1. The van der Waals surface area contributed by atoms with Crippen LogP contribution in [0, 0.1) is 0 Å². The van der Waals surface area contributed by atoms with Gasteiger partial charge in [-0.2, -0.15) is 0 Å². The standard InChI is InChI=1S/C28H25NO6/c30-27(29-15-13-21(14-16-29)20-9-5-2-6-10-20)25-26(28(31)32)34-23-12-11-22(17-24(23)35-25)33-18-19-7-3-1-4-8-19/h1-12,17,21H,13-16,18H2,(H,31,32). The van der Waals surface area contributed by atoms with Gasteiger partial charge in [0.2, 0.25) is 5.76 Å². The van der Waals surface area contributed by atoms with E-state index in [1.807, 2.05) is 48.5 Å². The Hall–Kier alpha value is -4.26. The zero-order valence-corrected chi connectivity index (χ0v) is 19.1. The summed E-state index contributed by atoms with van der Waals surface area (Å²) in [6.45, 7) is 1.37. The van der Waals surface area contributed by atoms with Crippen molar-refractivity contribution in [1.29, 1.82) is 0 Å². The predicted octanol–water partition coefficient (Wildman–Crippen LogP) is 4.74. The number of piperidine rings is 1. The monoisotopic (exact) mass is 471 g/mol. The number of fused-ring (bicyclic) bond motifs is 1. The SMILES string of the molecule is O=C(O)C1=C(C(=O)N2CCC(c3ccccc3)CC2)Oc2cc(OCc3ccccc3)ccc2O1. The maximum absolute atomic E-state index is 13.3. The van der Waals surface area contributed by atoms with E-state index in [9.17, 15) is 14.7 Å². The molecule has 35 heavy (non-hydrogen) atoms. The van der Waals surface area contributed by atoms with Gasteiger partial charge in [0.25, 0.3) is 11.7 Å². The summed E-state index contributed by atoms with van der Waals surface area (Å²) in [5.74, 6) is -1.34. The van der Waals surface area contributed by atoms with E-state index in [1.54, 1.807) is 23.1 Å². The van der Waals surface area contributed by atoms with E-state index in [0.717, 1.165) is 18.4 Å². The van der Waals surface area contributed by atoms with Crippen molar-refractivity contribution < 1.29 is 28.9 Å². The molecule has 0 aromatic heterocycles. The summed E-state index contributed by atoms with van der Waals surface area (Å²) in [6.07, 6.45) is 1.58. The molecule has 5 rings (SSSR count). The highest BCUT2D eigenvalue weighted by Crippen LogP contribution is 2.39. The molecule has 3 aromatic rings. The van der Waals surface area contributed by atoms with Gasteiger partial charge in [-0.1, -0.05) is 60.7 Å². The van der Waals surface area contributed by atoms with E-state index in [0.29, 0.717) is 31.4 Å². The van der Waals surface area contributed by atoms with Gasteiger partial charge in [-0.05, 0) is 42.0 Å². The van der Waals surface area contributed by atoms with Crippen LogP contribution in [-0.4, -0.2) is 35.0 Å². The molecule has 0 saturated carbocycles. The summed E-state index contributed by atoms with van der Waals surface area (Å²) >= 11 is 0. The van der Waals surface area contributed by atoms with E-state index >= 15 is 0 Å². The van der Waals surface area contributed by atoms with E-state index < -0.39 is 17.6 Å². The maximum atomic E-state index is 13.3. The molecular formula is C28H25NO6. The number of rotatable bonds is 6. The highest BCUT2D eigenvalue weighted by atomic mass is 16.6. The molecular weight excluding hydrogens is 446 g/mol. The number of ether oxygens (including phenoxy) is 3. The Morgan fingerprint density at radius 2 is 1.51 bits per heavy atom. The quantitative estimate of drug-likeness (QED) is 0.559. The summed E-state index contributed by atoms with van der Waals surface area (Å²) < 4.78 is 17.2. The van der Waals surface area contributed by atoms with Crippen LogP contribution in [0.15, 0.2) is 90.4 Å². The first kappa shape index (κ1) is 22.5. The van der Waals surface area contributed by atoms with Crippen molar-refractivity contribution in [3.05, 3.63) is 102 Å². The molecule has 1 N–H and O–H groups in total. The zero-order valence-electron chi connectivity index (χ0n) is 19.1. The molecule has 3 aromatic carbocycles. The van der Waals surface area contributed by atoms with Crippen LogP contribution in [0.4, 0.5) is 0 Å². The van der Waals surface area contributed by atoms with E-state index in [1.165, 1.54) is 5.56 Å². The third-order valence-corrected chi connectivity index (χ3v) is 6.24. The molecule has 178 valence electrons. The van der Waals surface area contributed by atoms with Gasteiger partial charge in [-0.3, -0.25) is 4.79 Å². The highest BCUT2D eigenvalue weighted by molar-refractivity contribution is 6.00. The molecule has 0 unspecified atom stereocenters. The van der Waals surface area contributed by atoms with Gasteiger partial charge in [0.1, 0.15) is 12.4 Å². The number of hydrogen-bond donors (Lipinski definition) is 1. The Morgan fingerprint density at radius 1 is 0.857 bits per heavy atom. The molecule has 0 atom stereocenters. The number of aliphatic carboxylic acids is 1. The molecule has 2 heterocycles. The Kier molecular flexibility index (Phi) is 6.39. The largest absolute Gasteiger partial charge is 0.489 e. The minimum Gasteiger partial charge on any atom is -0.489 e. The summed E-state index contributed by atoms with van der Waals surface area (Å²) in [5, 5.41) is 9.68. The van der Waals surface area contributed by atoms with Gasteiger partial charge < -0.3 is 24.2 Å². The van der Waals surface area contributed by atoms with Crippen LogP contribution in [0.25, 0.3) is 0 Å². The van der Waals surface area contributed by atoms with Gasteiger partial charge in [0.15, 0.2) is 11.5 Å². The van der Waals surface area contributed by atoms with E-state index in [-0.39, 0.29) is 17.3 Å². The lowest BCUT2D eigenvalue weighted by atomic mass is 9.89. The van der Waals surface area contributed by atoms with Crippen molar-refractivity contribution >= 4 is 11.9 Å². The third-order valence-electron chi connectivity index (χ3n) is 6.24. The van der Waals surface area contributed by atoms with Gasteiger partial charge in [0.05, 0.1) is 0 Å². The van der Waals surface area contributed by atoms with Crippen LogP contribution in [0.2, 0.25) is 0 Å². The number of carbonyl (C=O) groups is 2. The molecule has 2 aliphatic heterocycles. The van der Waals surface area contributed by atoms with Gasteiger partial charge in [-0.15, -0.1) is 0 Å². The first-order valence-corrected chi connectivity index (χ1v) is 11.6. The number of amides is 1. The van der Waals surface area contributed by atoms with Crippen molar-refractivity contribution in [1.82, 2.24) is 4.90 Å². The molecule has 0 radical (unpaired) electrons. The van der Waals surface area contributed by atoms with Gasteiger partial charge in [-0.25, -0.2) is 4.79 Å². The predicted molar refractivity (Wildman–Crippen MR) is 128 cm³/mol. The first-order valence-electron chi connectivity index (χ1n) is 11.6. The molecule has 7 nitrogen and oxygen atoms in total. The number of hydrogen-bond acceptors (Lipinski definition) is 5. The molecule has 2 aliphatic rings. The lowest BCUT2D eigenvalue weighted by Crippen LogP contribution is -2.41. The number of carboxylic acids is 1. The average Bonchev–Trinajstić information content (AvgIpc) is 2.91. The van der Waals surface area contributed by atoms with Gasteiger partial charge >= 0.3 is 5.97 Å². The van der Waals surface area contributed by atoms with Crippen molar-refractivity contribution in [2.75, 3.05) is 13.1 Å². The summed E-state index contributed by atoms with van der Waals surface area (Å²) in [4.78, 5) is 26.8. The minimum absolute atomic E-state index is 0.216. The fourth-order valence-corrected chi connectivity index (χ4v) is 4.36. The van der Waals surface area contributed by atoms with Crippen LogP contribution in [0.3, 0.4) is 0 Å². The lowest BCUT2D eigenvalue weighted by Gasteiger charge is -2.33. The smallest absolute Gasteiger partial charge is 0.376 e. The number of nitrogens with zero attached hydrogens (tertiary/aromatic N) is 1. The zero-order chi connectivity index (χ0) is 24.2. The van der Waals surface area contributed by atoms with Crippen molar-refractivity contribution in [2.24, 2.45) is 0 Å². The third kappa shape index (κ3) is 4.99. The Bertz CT molecular complexity index is 1250. The highest BCUT2D eigenvalue weighted by Gasteiger charge is 2.35. The van der Waals surface area contributed by atoms with Crippen LogP contribution >= 0.6 is 0 Å². The Morgan fingerprint density at radius 3 is 2.20 bits per heavy atom. The lowest BCUT2D eigenvalue weighted by molar-refractivity contribution is -0.138. The summed E-state index contributed by atoms with van der Waals surface area (Å²) in [5.41, 5.74) is 2.25. The minimum atomic E-state index is -1.36. The second-order valence-electron chi connectivity index (χ2n) is 8.53. The number of carboxylic acid groups (broad SMARTS) is 1.